The fourth-order valence-corrected chi connectivity index (χ4v) is 3.60. The molecule has 0 radical (unpaired) electrons. The molecule has 1 aliphatic heterocycles. The molecule has 5 nitrogen and oxygen atoms in total. The third-order valence-electron chi connectivity index (χ3n) is 5.05. The maximum Gasteiger partial charge on any atom is 0.292 e. The number of carbonyl (C=O) groups excluding carboxylic acids is 2. The van der Waals surface area contributed by atoms with Crippen LogP contribution in [0.3, 0.4) is 0 Å². The SMILES string of the molecule is O=C(C1=C(O)C(=O)N(Cc2ccccc2)C1(O)c1ccccc1)c1ccccc1. The summed E-state index contributed by atoms with van der Waals surface area (Å²) in [6, 6.07) is 25.8. The Kier molecular flexibility index (Phi) is 4.74. The monoisotopic (exact) mass is 385 g/mol. The zero-order valence-electron chi connectivity index (χ0n) is 15.5. The topological polar surface area (TPSA) is 77.8 Å². The van der Waals surface area contributed by atoms with Crippen molar-refractivity contribution in [2.45, 2.75) is 12.3 Å². The van der Waals surface area contributed by atoms with Gasteiger partial charge in [0.05, 0.1) is 0 Å². The molecule has 3 aromatic rings. The lowest BCUT2D eigenvalue weighted by Crippen LogP contribution is -2.46. The highest BCUT2D eigenvalue weighted by Gasteiger charge is 2.54. The van der Waals surface area contributed by atoms with Crippen LogP contribution in [-0.4, -0.2) is 26.8 Å². The summed E-state index contributed by atoms with van der Waals surface area (Å²) in [6.07, 6.45) is 0. The Hall–Kier alpha value is -3.70. The van der Waals surface area contributed by atoms with E-state index in [-0.39, 0.29) is 17.7 Å². The van der Waals surface area contributed by atoms with E-state index < -0.39 is 23.2 Å². The van der Waals surface area contributed by atoms with Crippen LogP contribution in [0.25, 0.3) is 0 Å². The van der Waals surface area contributed by atoms with Gasteiger partial charge in [0.2, 0.25) is 5.72 Å². The number of Topliss-reactive ketones (excluding diaryl/α,β-unsaturated/α-hetero) is 1. The molecular weight excluding hydrogens is 366 g/mol. The number of aliphatic hydroxyl groups is 2. The molecule has 5 heteroatoms. The van der Waals surface area contributed by atoms with E-state index in [1.807, 2.05) is 30.3 Å². The highest BCUT2D eigenvalue weighted by atomic mass is 16.3. The van der Waals surface area contributed by atoms with Gasteiger partial charge in [-0.2, -0.15) is 0 Å². The maximum atomic E-state index is 13.2. The molecule has 1 aliphatic rings. The molecule has 0 saturated carbocycles. The highest BCUT2D eigenvalue weighted by molar-refractivity contribution is 6.16. The number of nitrogens with zero attached hydrogens (tertiary/aromatic N) is 1. The van der Waals surface area contributed by atoms with Crippen molar-refractivity contribution < 1.29 is 19.8 Å². The Bertz CT molecular complexity index is 1080. The third-order valence-corrected chi connectivity index (χ3v) is 5.05. The van der Waals surface area contributed by atoms with E-state index in [4.69, 9.17) is 0 Å². The second-order valence-corrected chi connectivity index (χ2v) is 6.83. The van der Waals surface area contributed by atoms with Crippen LogP contribution in [0, 0.1) is 0 Å². The summed E-state index contributed by atoms with van der Waals surface area (Å²) in [5, 5.41) is 22.4. The Labute approximate surface area is 168 Å². The predicted octanol–water partition coefficient (Wildman–Crippen LogP) is 3.57. The number of ketones is 1. The van der Waals surface area contributed by atoms with Crippen molar-refractivity contribution in [1.29, 1.82) is 0 Å². The number of aliphatic hydroxyl groups excluding tert-OH is 1. The zero-order valence-corrected chi connectivity index (χ0v) is 15.5. The van der Waals surface area contributed by atoms with Crippen molar-refractivity contribution in [1.82, 2.24) is 4.90 Å². The molecule has 29 heavy (non-hydrogen) atoms. The van der Waals surface area contributed by atoms with Crippen LogP contribution >= 0.6 is 0 Å². The summed E-state index contributed by atoms with van der Waals surface area (Å²) >= 11 is 0. The molecular formula is C24H19NO4. The molecule has 2 N–H and O–H groups in total. The number of hydrogen-bond acceptors (Lipinski definition) is 4. The fourth-order valence-electron chi connectivity index (χ4n) is 3.60. The summed E-state index contributed by atoms with van der Waals surface area (Å²) in [4.78, 5) is 27.3. The average Bonchev–Trinajstić information content (AvgIpc) is 2.96. The minimum Gasteiger partial charge on any atom is -0.503 e. The van der Waals surface area contributed by atoms with Gasteiger partial charge in [0.15, 0.2) is 11.5 Å². The molecule has 3 aromatic carbocycles. The van der Waals surface area contributed by atoms with Gasteiger partial charge in [0.25, 0.3) is 5.91 Å². The lowest BCUT2D eigenvalue weighted by Gasteiger charge is -2.35. The highest BCUT2D eigenvalue weighted by Crippen LogP contribution is 2.43. The van der Waals surface area contributed by atoms with Crippen LogP contribution in [0.15, 0.2) is 102 Å². The number of carbonyl (C=O) groups is 2. The first-order valence-corrected chi connectivity index (χ1v) is 9.20. The average molecular weight is 385 g/mol. The zero-order chi connectivity index (χ0) is 20.4. The van der Waals surface area contributed by atoms with Gasteiger partial charge in [-0.25, -0.2) is 0 Å². The Morgan fingerprint density at radius 1 is 0.828 bits per heavy atom. The van der Waals surface area contributed by atoms with E-state index in [0.717, 1.165) is 10.5 Å². The van der Waals surface area contributed by atoms with Crippen molar-refractivity contribution in [2.75, 3.05) is 0 Å². The Morgan fingerprint density at radius 2 is 1.34 bits per heavy atom. The minimum absolute atomic E-state index is 0.0285. The molecule has 0 bridgehead atoms. The van der Waals surface area contributed by atoms with Crippen molar-refractivity contribution in [3.8, 4) is 0 Å². The number of benzene rings is 3. The van der Waals surface area contributed by atoms with Gasteiger partial charge in [-0.15, -0.1) is 0 Å². The summed E-state index contributed by atoms with van der Waals surface area (Å²) in [6.45, 7) is 0.0285. The van der Waals surface area contributed by atoms with Crippen LogP contribution in [0.5, 0.6) is 0 Å². The first-order chi connectivity index (χ1) is 14.0. The van der Waals surface area contributed by atoms with Gasteiger partial charge in [-0.3, -0.25) is 14.5 Å². The van der Waals surface area contributed by atoms with Gasteiger partial charge < -0.3 is 10.2 Å². The Morgan fingerprint density at radius 3 is 1.93 bits per heavy atom. The molecule has 1 unspecified atom stereocenters. The van der Waals surface area contributed by atoms with Crippen LogP contribution in [-0.2, 0) is 17.1 Å². The molecule has 0 spiro atoms. The predicted molar refractivity (Wildman–Crippen MR) is 108 cm³/mol. The minimum atomic E-state index is -2.09. The van der Waals surface area contributed by atoms with Crippen molar-refractivity contribution in [2.24, 2.45) is 0 Å². The van der Waals surface area contributed by atoms with Gasteiger partial charge >= 0.3 is 0 Å². The van der Waals surface area contributed by atoms with E-state index in [2.05, 4.69) is 0 Å². The standard InChI is InChI=1S/C24H19NO4/c26-21(18-12-6-2-7-13-18)20-22(27)23(28)25(16-17-10-4-1-5-11-17)24(20,29)19-14-8-3-9-15-19/h1-15,27,29H,16H2. The summed E-state index contributed by atoms with van der Waals surface area (Å²) in [5.41, 5.74) is -1.07. The van der Waals surface area contributed by atoms with Crippen molar-refractivity contribution in [3.63, 3.8) is 0 Å². The fraction of sp³-hybridized carbons (Fsp3) is 0.0833. The second kappa shape index (κ2) is 7.37. The van der Waals surface area contributed by atoms with Crippen molar-refractivity contribution in [3.05, 3.63) is 119 Å². The summed E-state index contributed by atoms with van der Waals surface area (Å²) in [5.74, 6) is -2.13. The normalized spacial score (nSPS) is 18.9. The van der Waals surface area contributed by atoms with E-state index in [1.165, 1.54) is 0 Å². The summed E-state index contributed by atoms with van der Waals surface area (Å²) in [7, 11) is 0. The van der Waals surface area contributed by atoms with Gasteiger partial charge in [0.1, 0.15) is 5.57 Å². The van der Waals surface area contributed by atoms with E-state index in [1.54, 1.807) is 60.7 Å². The van der Waals surface area contributed by atoms with Crippen LogP contribution < -0.4 is 0 Å². The number of rotatable bonds is 5. The molecule has 144 valence electrons. The first kappa shape index (κ1) is 18.7. The summed E-state index contributed by atoms with van der Waals surface area (Å²) < 4.78 is 0. The van der Waals surface area contributed by atoms with Crippen molar-refractivity contribution >= 4 is 11.7 Å². The molecule has 1 atom stereocenters. The molecule has 4 rings (SSSR count). The largest absolute Gasteiger partial charge is 0.503 e. The quantitative estimate of drug-likeness (QED) is 0.658. The lowest BCUT2D eigenvalue weighted by molar-refractivity contribution is -0.147. The number of hydrogen-bond donors (Lipinski definition) is 2. The Balaban J connectivity index is 1.86. The van der Waals surface area contributed by atoms with Crippen LogP contribution in [0.4, 0.5) is 0 Å². The lowest BCUT2D eigenvalue weighted by atomic mass is 9.89. The molecule has 0 aromatic heterocycles. The van der Waals surface area contributed by atoms with Crippen LogP contribution in [0.2, 0.25) is 0 Å². The first-order valence-electron chi connectivity index (χ1n) is 9.20. The van der Waals surface area contributed by atoms with E-state index in [0.29, 0.717) is 5.56 Å². The maximum absolute atomic E-state index is 13.2. The van der Waals surface area contributed by atoms with Gasteiger partial charge in [-0.1, -0.05) is 91.0 Å². The molecule has 0 fully saturated rings. The second-order valence-electron chi connectivity index (χ2n) is 6.83. The van der Waals surface area contributed by atoms with E-state index >= 15 is 0 Å². The molecule has 0 aliphatic carbocycles. The third kappa shape index (κ3) is 3.11. The van der Waals surface area contributed by atoms with E-state index in [9.17, 15) is 19.8 Å². The molecule has 1 heterocycles. The van der Waals surface area contributed by atoms with Gasteiger partial charge in [-0.05, 0) is 5.56 Å². The molecule has 0 saturated heterocycles. The van der Waals surface area contributed by atoms with Gasteiger partial charge in [0, 0.05) is 17.7 Å². The smallest absolute Gasteiger partial charge is 0.292 e. The number of amides is 1. The molecule has 1 amide bonds. The van der Waals surface area contributed by atoms with Crippen LogP contribution in [0.1, 0.15) is 21.5 Å².